The van der Waals surface area contributed by atoms with Gasteiger partial charge in [-0.3, -0.25) is 4.79 Å². The molecule has 0 aromatic heterocycles. The minimum absolute atomic E-state index is 0.0353. The quantitative estimate of drug-likeness (QED) is 0.824. The molecule has 100 valence electrons. The second kappa shape index (κ2) is 6.59. The highest BCUT2D eigenvalue weighted by Gasteiger charge is 2.06. The third kappa shape index (κ3) is 3.98. The van der Waals surface area contributed by atoms with Crippen molar-refractivity contribution in [3.63, 3.8) is 0 Å². The summed E-state index contributed by atoms with van der Waals surface area (Å²) in [5.74, 6) is 0.308. The third-order valence-corrected chi connectivity index (χ3v) is 3.77. The second-order valence-electron chi connectivity index (χ2n) is 4.45. The zero-order valence-corrected chi connectivity index (χ0v) is 11.6. The smallest absolute Gasteiger partial charge is 0.230 e. The Labute approximate surface area is 117 Å². The first-order chi connectivity index (χ1) is 9.19. The van der Waals surface area contributed by atoms with Crippen LogP contribution in [-0.4, -0.2) is 29.4 Å². The molecule has 0 saturated carbocycles. The number of hydrogen-bond donors (Lipinski definition) is 2. The number of amides is 1. The molecule has 4 heteroatoms. The van der Waals surface area contributed by atoms with Gasteiger partial charge in [-0.1, -0.05) is 30.3 Å². The van der Waals surface area contributed by atoms with Gasteiger partial charge < -0.3 is 10.4 Å². The van der Waals surface area contributed by atoms with Gasteiger partial charge in [-0.15, -0.1) is 11.8 Å². The number of hydrogen-bond acceptors (Lipinski definition) is 3. The maximum absolute atomic E-state index is 11.6. The molecular formula is C15H17NO2S. The summed E-state index contributed by atoms with van der Waals surface area (Å²) in [6, 6.07) is 14.1. The van der Waals surface area contributed by atoms with Crippen LogP contribution in [0.15, 0.2) is 47.4 Å². The average molecular weight is 275 g/mol. The molecular weight excluding hydrogens is 258 g/mol. The summed E-state index contributed by atoms with van der Waals surface area (Å²) in [7, 11) is 0. The number of fused-ring (bicyclic) bond motifs is 1. The molecule has 3 nitrogen and oxygen atoms in total. The molecule has 0 spiro atoms. The van der Waals surface area contributed by atoms with Crippen molar-refractivity contribution >= 4 is 28.4 Å². The summed E-state index contributed by atoms with van der Waals surface area (Å²) in [5, 5.41) is 14.0. The largest absolute Gasteiger partial charge is 0.394 e. The average Bonchev–Trinajstić information content (AvgIpc) is 2.44. The van der Waals surface area contributed by atoms with E-state index in [1.807, 2.05) is 18.2 Å². The number of carbonyl (C=O) groups is 1. The van der Waals surface area contributed by atoms with E-state index in [1.165, 1.54) is 22.5 Å². The Morgan fingerprint density at radius 1 is 1.26 bits per heavy atom. The molecule has 1 atom stereocenters. The standard InChI is InChI=1S/C15H17NO2S/c1-11(9-17)16-15(18)10-19-14-7-6-12-4-2-3-5-13(12)8-14/h2-8,11,17H,9-10H2,1H3,(H,16,18). The summed E-state index contributed by atoms with van der Waals surface area (Å²) in [6.07, 6.45) is 0. The first-order valence-electron chi connectivity index (χ1n) is 6.21. The molecule has 1 amide bonds. The Kier molecular flexibility index (Phi) is 4.82. The summed E-state index contributed by atoms with van der Waals surface area (Å²) in [5.41, 5.74) is 0. The number of nitrogens with one attached hydrogen (secondary N) is 1. The van der Waals surface area contributed by atoms with Crippen LogP contribution in [0.5, 0.6) is 0 Å². The zero-order valence-electron chi connectivity index (χ0n) is 10.8. The van der Waals surface area contributed by atoms with Crippen LogP contribution in [0, 0.1) is 0 Å². The Hall–Kier alpha value is -1.52. The molecule has 0 heterocycles. The first kappa shape index (κ1) is 13.9. The molecule has 2 rings (SSSR count). The Morgan fingerprint density at radius 2 is 2.00 bits per heavy atom. The number of rotatable bonds is 5. The Bertz CT molecular complexity index is 571. The summed E-state index contributed by atoms with van der Waals surface area (Å²) in [6.45, 7) is 1.74. The lowest BCUT2D eigenvalue weighted by molar-refractivity contribution is -0.119. The first-order valence-corrected chi connectivity index (χ1v) is 7.19. The van der Waals surface area contributed by atoms with Gasteiger partial charge in [0.25, 0.3) is 0 Å². The maximum Gasteiger partial charge on any atom is 0.230 e. The maximum atomic E-state index is 11.6. The lowest BCUT2D eigenvalue weighted by Crippen LogP contribution is -2.36. The van der Waals surface area contributed by atoms with Crippen molar-refractivity contribution in [1.29, 1.82) is 0 Å². The third-order valence-electron chi connectivity index (χ3n) is 2.77. The van der Waals surface area contributed by atoms with Crippen LogP contribution in [0.25, 0.3) is 10.8 Å². The highest BCUT2D eigenvalue weighted by atomic mass is 32.2. The van der Waals surface area contributed by atoms with Crippen molar-refractivity contribution in [2.45, 2.75) is 17.9 Å². The Balaban J connectivity index is 1.96. The lowest BCUT2D eigenvalue weighted by atomic mass is 10.1. The molecule has 19 heavy (non-hydrogen) atoms. The molecule has 0 aliphatic rings. The van der Waals surface area contributed by atoms with Crippen molar-refractivity contribution < 1.29 is 9.90 Å². The zero-order chi connectivity index (χ0) is 13.7. The molecule has 2 aromatic rings. The predicted molar refractivity (Wildman–Crippen MR) is 79.4 cm³/mol. The van der Waals surface area contributed by atoms with Crippen LogP contribution in [0.3, 0.4) is 0 Å². The van der Waals surface area contributed by atoms with E-state index in [9.17, 15) is 4.79 Å². The fourth-order valence-corrected chi connectivity index (χ4v) is 2.52. The normalized spacial score (nSPS) is 12.3. The number of aliphatic hydroxyl groups excluding tert-OH is 1. The van der Waals surface area contributed by atoms with Gasteiger partial charge in [0.05, 0.1) is 12.4 Å². The minimum atomic E-state index is -0.190. The van der Waals surface area contributed by atoms with Crippen molar-refractivity contribution in [3.05, 3.63) is 42.5 Å². The van der Waals surface area contributed by atoms with Crippen molar-refractivity contribution in [3.8, 4) is 0 Å². The van der Waals surface area contributed by atoms with Crippen LogP contribution in [0.1, 0.15) is 6.92 Å². The second-order valence-corrected chi connectivity index (χ2v) is 5.50. The van der Waals surface area contributed by atoms with E-state index in [1.54, 1.807) is 6.92 Å². The van der Waals surface area contributed by atoms with Crippen molar-refractivity contribution in [2.75, 3.05) is 12.4 Å². The highest BCUT2D eigenvalue weighted by molar-refractivity contribution is 8.00. The van der Waals surface area contributed by atoms with Gasteiger partial charge in [-0.05, 0) is 29.8 Å². The van der Waals surface area contributed by atoms with Crippen molar-refractivity contribution in [2.24, 2.45) is 0 Å². The molecule has 0 aliphatic heterocycles. The molecule has 0 bridgehead atoms. The molecule has 2 aromatic carbocycles. The van der Waals surface area contributed by atoms with Gasteiger partial charge >= 0.3 is 0 Å². The van der Waals surface area contributed by atoms with E-state index in [-0.39, 0.29) is 18.6 Å². The van der Waals surface area contributed by atoms with Crippen LogP contribution < -0.4 is 5.32 Å². The van der Waals surface area contributed by atoms with Gasteiger partial charge in [0.1, 0.15) is 0 Å². The number of carbonyl (C=O) groups excluding carboxylic acids is 1. The monoisotopic (exact) mass is 275 g/mol. The number of thioether (sulfide) groups is 1. The van der Waals surface area contributed by atoms with Gasteiger partial charge in [0, 0.05) is 10.9 Å². The number of benzene rings is 2. The van der Waals surface area contributed by atoms with Crippen molar-refractivity contribution in [1.82, 2.24) is 5.32 Å². The molecule has 2 N–H and O–H groups in total. The van der Waals surface area contributed by atoms with Gasteiger partial charge in [-0.25, -0.2) is 0 Å². The SMILES string of the molecule is CC(CO)NC(=O)CSc1ccc2ccccc2c1. The highest BCUT2D eigenvalue weighted by Crippen LogP contribution is 2.23. The van der Waals surface area contributed by atoms with E-state index in [4.69, 9.17) is 5.11 Å². The molecule has 0 fully saturated rings. The van der Waals surface area contributed by atoms with E-state index in [0.717, 1.165) is 4.90 Å². The van der Waals surface area contributed by atoms with Crippen LogP contribution in [0.2, 0.25) is 0 Å². The van der Waals surface area contributed by atoms with Gasteiger partial charge in [-0.2, -0.15) is 0 Å². The van der Waals surface area contributed by atoms with Crippen LogP contribution in [-0.2, 0) is 4.79 Å². The fraction of sp³-hybridized carbons (Fsp3) is 0.267. The van der Waals surface area contributed by atoms with E-state index in [0.29, 0.717) is 5.75 Å². The topological polar surface area (TPSA) is 49.3 Å². The van der Waals surface area contributed by atoms with Crippen LogP contribution in [0.4, 0.5) is 0 Å². The summed E-state index contributed by atoms with van der Waals surface area (Å²) < 4.78 is 0. The molecule has 0 radical (unpaired) electrons. The van der Waals surface area contributed by atoms with Gasteiger partial charge in [0.15, 0.2) is 0 Å². The van der Waals surface area contributed by atoms with Gasteiger partial charge in [0.2, 0.25) is 5.91 Å². The molecule has 1 unspecified atom stereocenters. The molecule has 0 saturated heterocycles. The summed E-state index contributed by atoms with van der Waals surface area (Å²) >= 11 is 1.50. The number of aliphatic hydroxyl groups is 1. The predicted octanol–water partition coefficient (Wildman–Crippen LogP) is 2.43. The van der Waals surface area contributed by atoms with E-state index in [2.05, 4.69) is 29.6 Å². The summed E-state index contributed by atoms with van der Waals surface area (Å²) in [4.78, 5) is 12.7. The van der Waals surface area contributed by atoms with E-state index < -0.39 is 0 Å². The lowest BCUT2D eigenvalue weighted by Gasteiger charge is -2.10. The van der Waals surface area contributed by atoms with E-state index >= 15 is 0 Å². The fourth-order valence-electron chi connectivity index (χ4n) is 1.77. The molecule has 0 aliphatic carbocycles. The van der Waals surface area contributed by atoms with Crippen LogP contribution >= 0.6 is 11.8 Å². The minimum Gasteiger partial charge on any atom is -0.394 e. The Morgan fingerprint density at radius 3 is 2.74 bits per heavy atom.